The van der Waals surface area contributed by atoms with Crippen LogP contribution in [0.1, 0.15) is 41.9 Å². The maximum atomic E-state index is 13.9. The highest BCUT2D eigenvalue weighted by molar-refractivity contribution is 6.30. The van der Waals surface area contributed by atoms with E-state index in [4.69, 9.17) is 11.6 Å². The minimum Gasteiger partial charge on any atom is -0.331 e. The third kappa shape index (κ3) is 4.74. The number of pyridine rings is 1. The lowest BCUT2D eigenvalue weighted by Crippen LogP contribution is -2.36. The van der Waals surface area contributed by atoms with E-state index in [-0.39, 0.29) is 18.1 Å². The van der Waals surface area contributed by atoms with E-state index in [1.165, 1.54) is 36.0 Å². The Morgan fingerprint density at radius 2 is 1.85 bits per heavy atom. The Balaban J connectivity index is 1.20. The number of carbonyl (C=O) groups is 1. The van der Waals surface area contributed by atoms with E-state index in [1.54, 1.807) is 23.9 Å². The second kappa shape index (κ2) is 9.18. The average molecular weight is 482 g/mol. The van der Waals surface area contributed by atoms with E-state index in [2.05, 4.69) is 35.8 Å². The molecule has 2 N–H and O–H groups in total. The van der Waals surface area contributed by atoms with Gasteiger partial charge in [0.25, 0.3) is 0 Å². The van der Waals surface area contributed by atoms with E-state index >= 15 is 0 Å². The Labute approximate surface area is 199 Å². The third-order valence-electron chi connectivity index (χ3n) is 5.37. The van der Waals surface area contributed by atoms with Crippen LogP contribution in [0.2, 0.25) is 5.02 Å². The zero-order chi connectivity index (χ0) is 23.7. The lowest BCUT2D eigenvalue weighted by molar-refractivity contribution is 0.239. The molecule has 34 heavy (non-hydrogen) atoms. The van der Waals surface area contributed by atoms with Crippen LogP contribution >= 0.6 is 11.6 Å². The van der Waals surface area contributed by atoms with Crippen LogP contribution in [0.3, 0.4) is 0 Å². The van der Waals surface area contributed by atoms with Gasteiger partial charge in [-0.3, -0.25) is 4.98 Å². The first-order chi connectivity index (χ1) is 16.5. The molecule has 1 aliphatic carbocycles. The van der Waals surface area contributed by atoms with Gasteiger partial charge < -0.3 is 10.6 Å². The first-order valence-electron chi connectivity index (χ1n) is 10.7. The van der Waals surface area contributed by atoms with Crippen molar-refractivity contribution >= 4 is 17.6 Å². The van der Waals surface area contributed by atoms with Crippen molar-refractivity contribution in [3.05, 3.63) is 76.9 Å². The molecule has 1 aromatic carbocycles. The fourth-order valence-corrected chi connectivity index (χ4v) is 3.64. The quantitative estimate of drug-likeness (QED) is 0.419. The Bertz CT molecular complexity index is 1330. The van der Waals surface area contributed by atoms with Gasteiger partial charge in [-0.2, -0.15) is 10.2 Å². The number of hydrogen-bond donors (Lipinski definition) is 2. The van der Waals surface area contributed by atoms with Gasteiger partial charge in [-0.15, -0.1) is 0 Å². The lowest BCUT2D eigenvalue weighted by atomic mass is 10.2. The highest BCUT2D eigenvalue weighted by Crippen LogP contribution is 2.38. The van der Waals surface area contributed by atoms with Gasteiger partial charge in [-0.05, 0) is 44.0 Å². The molecule has 12 heteroatoms. The summed E-state index contributed by atoms with van der Waals surface area (Å²) in [4.78, 5) is 25.5. The summed E-state index contributed by atoms with van der Waals surface area (Å²) in [6, 6.07) is 7.86. The summed E-state index contributed by atoms with van der Waals surface area (Å²) in [5.41, 5.74) is 2.32. The Kier molecular flexibility index (Phi) is 5.93. The standard InChI is InChI=1S/C22H21ClFN9O/c1-13-30-21(33(31-13)15-4-6-17(23)18(24)8-15)11-27-22(34)26-10-20-28-12-29-32(20)16-5-7-19(25-9-16)14-2-3-14/h4-9,12,14H,2-3,10-11H2,1H3,(H2,26,27,34). The van der Waals surface area contributed by atoms with Crippen molar-refractivity contribution in [2.45, 2.75) is 38.8 Å². The molecule has 1 fully saturated rings. The fraction of sp³-hybridized carbons (Fsp3) is 0.273. The fourth-order valence-electron chi connectivity index (χ4n) is 3.52. The number of rotatable bonds is 7. The van der Waals surface area contributed by atoms with Crippen LogP contribution in [-0.4, -0.2) is 40.5 Å². The molecule has 2 amide bonds. The van der Waals surface area contributed by atoms with E-state index in [1.807, 2.05) is 12.1 Å². The van der Waals surface area contributed by atoms with E-state index in [0.29, 0.717) is 29.1 Å². The minimum atomic E-state index is -0.564. The number of hydrogen-bond acceptors (Lipinski definition) is 6. The van der Waals surface area contributed by atoms with E-state index in [9.17, 15) is 9.18 Å². The molecule has 4 aromatic rings. The predicted octanol–water partition coefficient (Wildman–Crippen LogP) is 3.22. The number of halogens is 2. The van der Waals surface area contributed by atoms with Crippen LogP contribution in [0.25, 0.3) is 11.4 Å². The van der Waals surface area contributed by atoms with Crippen LogP contribution in [0.4, 0.5) is 9.18 Å². The summed E-state index contributed by atoms with van der Waals surface area (Å²) >= 11 is 5.76. The Hall–Kier alpha value is -3.86. The molecule has 174 valence electrons. The SMILES string of the molecule is Cc1nc(CNC(=O)NCc2ncnn2-c2ccc(C3CC3)nc2)n(-c2ccc(Cl)c(F)c2)n1. The van der Waals surface area contributed by atoms with Gasteiger partial charge >= 0.3 is 6.03 Å². The highest BCUT2D eigenvalue weighted by atomic mass is 35.5. The summed E-state index contributed by atoms with van der Waals surface area (Å²) in [5, 5.41) is 14.0. The summed E-state index contributed by atoms with van der Waals surface area (Å²) in [6.07, 6.45) is 5.57. The molecule has 1 aliphatic rings. The molecule has 5 rings (SSSR count). The van der Waals surface area contributed by atoms with E-state index in [0.717, 1.165) is 11.4 Å². The number of aromatic nitrogens is 7. The number of benzene rings is 1. The average Bonchev–Trinajstić information content (AvgIpc) is 3.46. The van der Waals surface area contributed by atoms with Crippen molar-refractivity contribution in [2.24, 2.45) is 0 Å². The number of nitrogens with zero attached hydrogens (tertiary/aromatic N) is 7. The molecular formula is C22H21ClFN9O. The highest BCUT2D eigenvalue weighted by Gasteiger charge is 2.24. The summed E-state index contributed by atoms with van der Waals surface area (Å²) < 4.78 is 17.0. The predicted molar refractivity (Wildman–Crippen MR) is 121 cm³/mol. The van der Waals surface area contributed by atoms with Gasteiger partial charge in [0.15, 0.2) is 11.6 Å². The second-order valence-corrected chi connectivity index (χ2v) is 8.33. The van der Waals surface area contributed by atoms with Crippen molar-refractivity contribution in [1.82, 2.24) is 45.1 Å². The Morgan fingerprint density at radius 1 is 1.09 bits per heavy atom. The zero-order valence-corrected chi connectivity index (χ0v) is 19.0. The molecule has 0 unspecified atom stereocenters. The smallest absolute Gasteiger partial charge is 0.315 e. The van der Waals surface area contributed by atoms with Crippen LogP contribution in [0.5, 0.6) is 0 Å². The van der Waals surface area contributed by atoms with Crippen LogP contribution in [0.15, 0.2) is 42.9 Å². The first kappa shape index (κ1) is 22.0. The largest absolute Gasteiger partial charge is 0.331 e. The van der Waals surface area contributed by atoms with Crippen molar-refractivity contribution in [3.63, 3.8) is 0 Å². The normalized spacial score (nSPS) is 13.1. The lowest BCUT2D eigenvalue weighted by Gasteiger charge is -2.10. The zero-order valence-electron chi connectivity index (χ0n) is 18.2. The molecule has 1 saturated carbocycles. The van der Waals surface area contributed by atoms with Gasteiger partial charge in [-0.1, -0.05) is 11.6 Å². The molecule has 3 aromatic heterocycles. The Morgan fingerprint density at radius 3 is 2.56 bits per heavy atom. The number of nitrogens with one attached hydrogen (secondary N) is 2. The van der Waals surface area contributed by atoms with Crippen LogP contribution in [0, 0.1) is 12.7 Å². The molecule has 10 nitrogen and oxygen atoms in total. The number of amides is 2. The van der Waals surface area contributed by atoms with Gasteiger partial charge in [0.1, 0.15) is 18.0 Å². The summed E-state index contributed by atoms with van der Waals surface area (Å²) in [7, 11) is 0. The first-order valence-corrected chi connectivity index (χ1v) is 11.1. The molecule has 0 bridgehead atoms. The summed E-state index contributed by atoms with van der Waals surface area (Å²) in [5.74, 6) is 1.50. The second-order valence-electron chi connectivity index (χ2n) is 7.93. The van der Waals surface area contributed by atoms with E-state index < -0.39 is 11.8 Å². The van der Waals surface area contributed by atoms with Crippen molar-refractivity contribution in [1.29, 1.82) is 0 Å². The number of carbonyl (C=O) groups excluding carboxylic acids is 1. The van der Waals surface area contributed by atoms with Crippen molar-refractivity contribution < 1.29 is 9.18 Å². The molecule has 3 heterocycles. The molecule has 0 aliphatic heterocycles. The number of urea groups is 1. The summed E-state index contributed by atoms with van der Waals surface area (Å²) in [6.45, 7) is 1.95. The molecular weight excluding hydrogens is 461 g/mol. The van der Waals surface area contributed by atoms with Crippen molar-refractivity contribution in [2.75, 3.05) is 0 Å². The maximum Gasteiger partial charge on any atom is 0.315 e. The number of aryl methyl sites for hydroxylation is 1. The molecule has 0 radical (unpaired) electrons. The minimum absolute atomic E-state index is 0.0159. The van der Waals surface area contributed by atoms with Gasteiger partial charge in [-0.25, -0.2) is 28.5 Å². The van der Waals surface area contributed by atoms with Gasteiger partial charge in [0, 0.05) is 17.7 Å². The van der Waals surface area contributed by atoms with Gasteiger partial charge in [0.2, 0.25) is 0 Å². The van der Waals surface area contributed by atoms with Gasteiger partial charge in [0.05, 0.1) is 35.7 Å². The molecule has 0 atom stereocenters. The van der Waals surface area contributed by atoms with Crippen LogP contribution in [-0.2, 0) is 13.1 Å². The third-order valence-corrected chi connectivity index (χ3v) is 5.68. The topological polar surface area (TPSA) is 115 Å². The monoisotopic (exact) mass is 481 g/mol. The van der Waals surface area contributed by atoms with Crippen molar-refractivity contribution in [3.8, 4) is 11.4 Å². The molecule has 0 saturated heterocycles. The maximum absolute atomic E-state index is 13.9. The molecule has 0 spiro atoms. The van der Waals surface area contributed by atoms with Crippen LogP contribution < -0.4 is 10.6 Å².